The van der Waals surface area contributed by atoms with E-state index in [1.165, 1.54) is 23.5 Å². The first kappa shape index (κ1) is 21.4. The molecule has 6 atom stereocenters. The van der Waals surface area contributed by atoms with Crippen LogP contribution >= 0.6 is 23.5 Å². The van der Waals surface area contributed by atoms with Crippen LogP contribution in [0, 0.1) is 0 Å². The van der Waals surface area contributed by atoms with E-state index in [-0.39, 0.29) is 0 Å². The molecule has 0 amide bonds. The lowest BCUT2D eigenvalue weighted by Crippen LogP contribution is -2.54. The van der Waals surface area contributed by atoms with Gasteiger partial charge in [-0.1, -0.05) is 13.8 Å². The third-order valence-electron chi connectivity index (χ3n) is 2.92. The Morgan fingerprint density at radius 3 is 1.43 bits per heavy atom. The van der Waals surface area contributed by atoms with E-state index in [1.54, 1.807) is 0 Å². The zero-order chi connectivity index (χ0) is 16.6. The summed E-state index contributed by atoms with van der Waals surface area (Å²) in [6, 6.07) is 0. The molecule has 7 N–H and O–H groups in total. The van der Waals surface area contributed by atoms with E-state index in [1.807, 2.05) is 13.8 Å². The third kappa shape index (κ3) is 6.59. The summed E-state index contributed by atoms with van der Waals surface area (Å²) in [6.07, 6.45) is -10.2. The lowest BCUT2D eigenvalue weighted by atomic mass is 9.97. The van der Waals surface area contributed by atoms with Crippen molar-refractivity contribution in [3.8, 4) is 0 Å². The zero-order valence-corrected chi connectivity index (χ0v) is 13.7. The molecule has 0 aromatic carbocycles. The molecule has 0 fully saturated rings. The van der Waals surface area contributed by atoms with Crippen molar-refractivity contribution in [2.75, 3.05) is 18.1 Å². The van der Waals surface area contributed by atoms with Crippen LogP contribution in [-0.2, 0) is 0 Å². The quantitative estimate of drug-likeness (QED) is 0.211. The van der Waals surface area contributed by atoms with Crippen LogP contribution in [0.25, 0.3) is 0 Å². The van der Waals surface area contributed by atoms with Gasteiger partial charge in [-0.2, -0.15) is 0 Å². The van der Waals surface area contributed by atoms with Crippen LogP contribution in [0.15, 0.2) is 0 Å². The van der Waals surface area contributed by atoms with Crippen molar-refractivity contribution in [2.45, 2.75) is 55.1 Å². The van der Waals surface area contributed by atoms with Gasteiger partial charge in [0.15, 0.2) is 0 Å². The van der Waals surface area contributed by atoms with Gasteiger partial charge < -0.3 is 35.7 Å². The van der Waals surface area contributed by atoms with Gasteiger partial charge in [0.2, 0.25) is 0 Å². The Balaban J connectivity index is 4.75. The molecule has 0 aromatic heterocycles. The van der Waals surface area contributed by atoms with Crippen molar-refractivity contribution in [3.63, 3.8) is 0 Å². The molecule has 21 heavy (non-hydrogen) atoms. The van der Waals surface area contributed by atoms with Gasteiger partial charge in [0, 0.05) is 0 Å². The lowest BCUT2D eigenvalue weighted by molar-refractivity contribution is -0.155. The molecule has 0 aliphatic carbocycles. The van der Waals surface area contributed by atoms with E-state index in [9.17, 15) is 30.6 Å². The molecule has 0 radical (unpaired) electrons. The van der Waals surface area contributed by atoms with E-state index < -0.39 is 47.8 Å². The van der Waals surface area contributed by atoms with Gasteiger partial charge in [0.25, 0.3) is 0 Å². The Morgan fingerprint density at radius 2 is 1.05 bits per heavy atom. The van der Waals surface area contributed by atoms with Crippen LogP contribution in [0.2, 0.25) is 0 Å². The fraction of sp³-hybridized carbons (Fsp3) is 1.00. The Hall–Kier alpha value is 0.420. The summed E-state index contributed by atoms with van der Waals surface area (Å²) in [6.45, 7) is 2.98. The molecule has 0 unspecified atom stereocenters. The molecule has 7 nitrogen and oxygen atoms in total. The van der Waals surface area contributed by atoms with Crippen molar-refractivity contribution < 1.29 is 35.7 Å². The van der Waals surface area contributed by atoms with Crippen LogP contribution in [0.4, 0.5) is 0 Å². The SMILES string of the molecule is CCSC(SCC)[C@@H](O)[C@H](O)[C@H](O)[C@@H](O)[C@@H](O)[C@H](O)CO. The first-order valence-corrected chi connectivity index (χ1v) is 8.83. The Bertz CT molecular complexity index is 266. The van der Waals surface area contributed by atoms with Gasteiger partial charge in [0.05, 0.1) is 11.2 Å². The second-order valence-corrected chi connectivity index (χ2v) is 7.62. The van der Waals surface area contributed by atoms with E-state index in [0.717, 1.165) is 0 Å². The molecule has 9 heteroatoms. The molecule has 128 valence electrons. The third-order valence-corrected chi connectivity index (χ3v) is 5.62. The van der Waals surface area contributed by atoms with Crippen molar-refractivity contribution in [3.05, 3.63) is 0 Å². The molecule has 0 rings (SSSR count). The molecule has 0 aromatic rings. The van der Waals surface area contributed by atoms with Gasteiger partial charge in [-0.3, -0.25) is 0 Å². The first-order valence-electron chi connectivity index (χ1n) is 6.74. The fourth-order valence-corrected chi connectivity index (χ4v) is 4.25. The molecule has 0 spiro atoms. The first-order chi connectivity index (χ1) is 9.81. The highest BCUT2D eigenvalue weighted by atomic mass is 32.2. The molecular formula is C12H26O7S2. The predicted molar refractivity (Wildman–Crippen MR) is 83.2 cm³/mol. The van der Waals surface area contributed by atoms with E-state index in [4.69, 9.17) is 5.11 Å². The van der Waals surface area contributed by atoms with Crippen LogP contribution in [-0.4, -0.2) is 95.1 Å². The fourth-order valence-electron chi connectivity index (χ4n) is 1.68. The number of hydrogen-bond acceptors (Lipinski definition) is 9. The van der Waals surface area contributed by atoms with Crippen molar-refractivity contribution >= 4 is 23.5 Å². The van der Waals surface area contributed by atoms with Crippen molar-refractivity contribution in [1.82, 2.24) is 0 Å². The maximum Gasteiger partial charge on any atom is 0.111 e. The normalized spacial score (nSPS) is 20.9. The molecular weight excluding hydrogens is 320 g/mol. The van der Waals surface area contributed by atoms with Gasteiger partial charge in [-0.25, -0.2) is 0 Å². The van der Waals surface area contributed by atoms with Crippen molar-refractivity contribution in [1.29, 1.82) is 0 Å². The highest BCUT2D eigenvalue weighted by Gasteiger charge is 2.39. The largest absolute Gasteiger partial charge is 0.394 e. The number of aliphatic hydroxyl groups excluding tert-OH is 7. The average Bonchev–Trinajstić information content (AvgIpc) is 2.50. The predicted octanol–water partition coefficient (Wildman–Crippen LogP) is -2.02. The molecule has 0 aliphatic rings. The monoisotopic (exact) mass is 346 g/mol. The minimum Gasteiger partial charge on any atom is -0.394 e. The number of thioether (sulfide) groups is 2. The van der Waals surface area contributed by atoms with Gasteiger partial charge in [-0.15, -0.1) is 23.5 Å². The summed E-state index contributed by atoms with van der Waals surface area (Å²) in [7, 11) is 0. The summed E-state index contributed by atoms with van der Waals surface area (Å²) >= 11 is 2.79. The Morgan fingerprint density at radius 1 is 0.667 bits per heavy atom. The molecule has 0 bridgehead atoms. The Labute approximate surface area is 133 Å². The number of aliphatic hydroxyl groups is 7. The molecule has 0 aliphatic heterocycles. The summed E-state index contributed by atoms with van der Waals surface area (Å²) < 4.78 is -0.392. The minimum absolute atomic E-state index is 0.392. The van der Waals surface area contributed by atoms with Crippen LogP contribution in [0.3, 0.4) is 0 Å². The number of hydrogen-bond donors (Lipinski definition) is 7. The summed E-state index contributed by atoms with van der Waals surface area (Å²) in [5.74, 6) is 1.40. The van der Waals surface area contributed by atoms with E-state index in [2.05, 4.69) is 0 Å². The van der Waals surface area contributed by atoms with Gasteiger partial charge in [-0.05, 0) is 11.5 Å². The smallest absolute Gasteiger partial charge is 0.111 e. The van der Waals surface area contributed by atoms with Crippen LogP contribution < -0.4 is 0 Å². The Kier molecular flexibility index (Phi) is 11.3. The molecule has 0 saturated carbocycles. The van der Waals surface area contributed by atoms with E-state index >= 15 is 0 Å². The maximum atomic E-state index is 10.1. The number of rotatable bonds is 11. The zero-order valence-electron chi connectivity index (χ0n) is 12.1. The molecule has 0 heterocycles. The summed E-state index contributed by atoms with van der Waals surface area (Å²) in [5.41, 5.74) is 0. The lowest BCUT2D eigenvalue weighted by Gasteiger charge is -2.33. The van der Waals surface area contributed by atoms with Crippen LogP contribution in [0.1, 0.15) is 13.8 Å². The maximum absolute atomic E-state index is 10.1. The van der Waals surface area contributed by atoms with Crippen LogP contribution in [0.5, 0.6) is 0 Å². The highest BCUT2D eigenvalue weighted by molar-refractivity contribution is 8.17. The van der Waals surface area contributed by atoms with E-state index in [0.29, 0.717) is 11.5 Å². The highest BCUT2D eigenvalue weighted by Crippen LogP contribution is 2.29. The van der Waals surface area contributed by atoms with Gasteiger partial charge >= 0.3 is 0 Å². The second kappa shape index (κ2) is 11.0. The topological polar surface area (TPSA) is 142 Å². The summed E-state index contributed by atoms with van der Waals surface area (Å²) in [4.78, 5) is 0. The second-order valence-electron chi connectivity index (χ2n) is 4.48. The average molecular weight is 346 g/mol. The molecule has 0 saturated heterocycles. The summed E-state index contributed by atoms with van der Waals surface area (Å²) in [5, 5.41) is 67.0. The standard InChI is InChI=1S/C12H26O7S2/c1-3-20-12(21-4-2)11(19)10(18)9(17)8(16)7(15)6(14)5-13/h6-19H,3-5H2,1-2H3/t6-,7+,8+,9-,10-,11+/m1/s1. The van der Waals surface area contributed by atoms with Gasteiger partial charge in [0.1, 0.15) is 36.6 Å². The van der Waals surface area contributed by atoms with Crippen molar-refractivity contribution in [2.24, 2.45) is 0 Å². The minimum atomic E-state index is -1.89.